The van der Waals surface area contributed by atoms with Gasteiger partial charge in [0.1, 0.15) is 65.4 Å². The van der Waals surface area contributed by atoms with E-state index in [9.17, 15) is 19.2 Å². The number of rotatable bonds is 14. The standard InChI is InChI=1S/C31H34ClN5O3.C27H30ClN5O2.C19H22ClN5O.CH4.K.H2O/c1-18-15-23(35-27-19(2)28(34-17-33-27)36-29(38)21-9-10-21)26(32)25-24(18)30(39)37(31(25)13-5-4-6-14-31)16-20-7-11-22(40-3)12-8-20;1-16-13-20(32-25-17(2)24(29)30-15-31-25)23(28)22-21(16)26(34)33(27(22)11-5-4-6-12-27)14-18-7-9-19(35-3)10-8-18;1-10-8-12(24-17-11(2)16(21)22-9-23-17)15(20)14-13(10)18(26)25-19(14)6-4-3-5-7-19;;;/h7-8,11-12,15,17,21H,4-6,9-10,13-14,16H2,1-3H3,(H2,33,34,35,36,38);7-10,13,15H,4-6,11-12,14H2,1-3H3,(H3,29,30,31,32);8-9H,3-7H2,1-2H3,(H,25,26)(H3,21,22,23,24);1H4;;1H2/q;;;;+1;/p-1. The predicted octanol–water partition coefficient (Wildman–Crippen LogP) is 14.0. The molecule has 0 atom stereocenters. The smallest absolute Gasteiger partial charge is 0.870 e. The zero-order valence-corrected chi connectivity index (χ0v) is 65.2. The molecular weight excluding hydrogens is 1400 g/mol. The summed E-state index contributed by atoms with van der Waals surface area (Å²) in [5.74, 6) is 4.85. The Labute approximate surface area is 665 Å². The first-order chi connectivity index (χ1) is 48.6. The number of methoxy groups -OCH3 is 2. The molecule has 22 nitrogen and oxygen atoms in total. The summed E-state index contributed by atoms with van der Waals surface area (Å²) in [6, 6.07) is 21.6. The van der Waals surface area contributed by atoms with Crippen LogP contribution < -0.4 is 98.9 Å². The van der Waals surface area contributed by atoms with E-state index in [-0.39, 0.29) is 99.4 Å². The molecule has 0 unspecified atom stereocenters. The van der Waals surface area contributed by atoms with Gasteiger partial charge in [0.05, 0.1) is 63.0 Å². The Bertz CT molecular complexity index is 4580. The number of nitrogens with two attached hydrogens (primary N) is 2. The number of carbonyl (C=O) groups is 4. The van der Waals surface area contributed by atoms with Crippen LogP contribution in [0.2, 0.25) is 15.1 Å². The molecule has 4 amide bonds. The first-order valence-corrected chi connectivity index (χ1v) is 36.0. The number of fused-ring (bicyclic) bond motifs is 6. The second-order valence-corrected chi connectivity index (χ2v) is 29.1. The van der Waals surface area contributed by atoms with Crippen LogP contribution in [0.3, 0.4) is 0 Å². The van der Waals surface area contributed by atoms with Gasteiger partial charge in [0.25, 0.3) is 17.7 Å². The van der Waals surface area contributed by atoms with Gasteiger partial charge in [-0.3, -0.25) is 19.2 Å². The van der Waals surface area contributed by atoms with Gasteiger partial charge in [-0.2, -0.15) is 0 Å². The minimum absolute atomic E-state index is 0. The van der Waals surface area contributed by atoms with Crippen LogP contribution in [0.25, 0.3) is 0 Å². The number of nitrogen functional groups attached to an aromatic ring is 2. The number of aromatic nitrogens is 6. The predicted molar refractivity (Wildman–Crippen MR) is 405 cm³/mol. The number of carbonyl (C=O) groups excluding carboxylic acids is 4. The van der Waals surface area contributed by atoms with E-state index >= 15 is 0 Å². The van der Waals surface area contributed by atoms with Crippen LogP contribution in [-0.2, 0) is 34.5 Å². The fourth-order valence-electron chi connectivity index (χ4n) is 16.0. The number of nitrogens with zero attached hydrogens (tertiary/aromatic N) is 8. The van der Waals surface area contributed by atoms with Crippen LogP contribution >= 0.6 is 34.8 Å². The molecule has 15 rings (SSSR count). The molecule has 7 aliphatic rings. The minimum atomic E-state index is -0.464. The van der Waals surface area contributed by atoms with Crippen LogP contribution in [0.4, 0.5) is 52.0 Å². The summed E-state index contributed by atoms with van der Waals surface area (Å²) in [7, 11) is 3.30. The normalized spacial score (nSPS) is 16.8. The van der Waals surface area contributed by atoms with Crippen LogP contribution in [0, 0.1) is 47.5 Å². The Balaban J connectivity index is 0.000000168. The van der Waals surface area contributed by atoms with Gasteiger partial charge < -0.3 is 62.8 Å². The van der Waals surface area contributed by atoms with Gasteiger partial charge in [-0.05, 0) is 163 Å². The molecule has 104 heavy (non-hydrogen) atoms. The van der Waals surface area contributed by atoms with Crippen LogP contribution in [0.15, 0.2) is 85.7 Å². The molecule has 4 fully saturated rings. The van der Waals surface area contributed by atoms with E-state index < -0.39 is 11.1 Å². The molecule has 0 bridgehead atoms. The third kappa shape index (κ3) is 14.9. The Hall–Kier alpha value is -7.71. The van der Waals surface area contributed by atoms with E-state index in [0.717, 1.165) is 198 Å². The molecule has 4 aliphatic carbocycles. The van der Waals surface area contributed by atoms with Gasteiger partial charge in [0.15, 0.2) is 0 Å². The summed E-state index contributed by atoms with van der Waals surface area (Å²) in [5.41, 5.74) is 24.8. The number of aryl methyl sites for hydroxylation is 3. The van der Waals surface area contributed by atoms with E-state index in [1.54, 1.807) is 14.2 Å². The van der Waals surface area contributed by atoms with Crippen molar-refractivity contribution in [3.63, 3.8) is 0 Å². The van der Waals surface area contributed by atoms with Crippen molar-refractivity contribution in [1.29, 1.82) is 0 Å². The van der Waals surface area contributed by atoms with Gasteiger partial charge in [0, 0.05) is 69.1 Å². The first kappa shape index (κ1) is 78.9. The summed E-state index contributed by atoms with van der Waals surface area (Å²) in [4.78, 5) is 82.5. The monoisotopic (exact) mass is 1490 g/mol. The molecule has 0 radical (unpaired) electrons. The fourth-order valence-corrected chi connectivity index (χ4v) is 17.2. The molecule has 6 heterocycles. The third-order valence-electron chi connectivity index (χ3n) is 21.7. The average molecular weight is 1500 g/mol. The summed E-state index contributed by atoms with van der Waals surface area (Å²) in [6.45, 7) is 12.5. The molecule has 0 saturated heterocycles. The van der Waals surface area contributed by atoms with Crippen molar-refractivity contribution in [1.82, 2.24) is 45.0 Å². The second kappa shape index (κ2) is 32.6. The van der Waals surface area contributed by atoms with Crippen molar-refractivity contribution in [2.75, 3.05) is 47.0 Å². The number of halogens is 3. The number of nitrogens with one attached hydrogen (secondary N) is 5. The Morgan fingerprint density at radius 1 is 0.519 bits per heavy atom. The molecular formula is C78H91Cl3KN15O7. The summed E-state index contributed by atoms with van der Waals surface area (Å²) in [5, 5.41) is 17.9. The number of benzene rings is 5. The molecule has 8 aromatic rings. The number of hydrogen-bond acceptors (Lipinski definition) is 18. The van der Waals surface area contributed by atoms with Gasteiger partial charge in [-0.1, -0.05) is 124 Å². The van der Waals surface area contributed by atoms with Gasteiger partial charge in [-0.15, -0.1) is 0 Å². The number of anilines is 9. The Morgan fingerprint density at radius 2 is 0.875 bits per heavy atom. The van der Waals surface area contributed by atoms with E-state index in [2.05, 4.69) is 61.4 Å². The largest absolute Gasteiger partial charge is 1.00 e. The maximum atomic E-state index is 14.1. The number of hydrogen-bond donors (Lipinski definition) is 7. The van der Waals surface area contributed by atoms with Crippen molar-refractivity contribution < 1.29 is 85.5 Å². The van der Waals surface area contributed by atoms with Crippen LogP contribution in [0.5, 0.6) is 11.5 Å². The van der Waals surface area contributed by atoms with E-state index in [0.29, 0.717) is 74.3 Å². The van der Waals surface area contributed by atoms with Crippen molar-refractivity contribution >= 4 is 110 Å². The zero-order chi connectivity index (χ0) is 71.2. The Morgan fingerprint density at radius 3 is 1.27 bits per heavy atom. The SMILES string of the molecule is C.COc1ccc(CN2C(=O)c3c(C)cc(Nc4ncnc(N)c4C)c(Cl)c3C23CCCCC3)cc1.COc1ccc(CN2C(=O)c3c(C)cc(Nc4ncnc(NC(=O)C5CC5)c4C)c(Cl)c3C23CCCCC3)cc1.Cc1cc(Nc2ncnc(N)c2C)c(Cl)c2c1C(=O)NC21CCCCC1.[K+].[OH-]. The van der Waals surface area contributed by atoms with Crippen LogP contribution in [-0.4, -0.2) is 83.0 Å². The van der Waals surface area contributed by atoms with Crippen molar-refractivity contribution in [3.05, 3.63) is 179 Å². The zero-order valence-electron chi connectivity index (χ0n) is 59.9. The maximum absolute atomic E-state index is 14.1. The average Bonchev–Trinajstić information content (AvgIpc) is 1.57. The molecule has 5 aromatic carbocycles. The van der Waals surface area contributed by atoms with Gasteiger partial charge in [0.2, 0.25) is 5.91 Å². The van der Waals surface area contributed by atoms with Crippen LogP contribution in [0.1, 0.15) is 209 Å². The maximum Gasteiger partial charge on any atom is 1.00 e. The molecule has 3 spiro atoms. The summed E-state index contributed by atoms with van der Waals surface area (Å²) >= 11 is 21.2. The quantitative estimate of drug-likeness (QED) is 0.0498. The van der Waals surface area contributed by atoms with Crippen molar-refractivity contribution in [2.24, 2.45) is 5.92 Å². The molecule has 542 valence electrons. The molecule has 3 aliphatic heterocycles. The summed E-state index contributed by atoms with van der Waals surface area (Å²) in [6.07, 6.45) is 21.4. The molecule has 10 N–H and O–H groups in total. The minimum Gasteiger partial charge on any atom is -0.870 e. The Kier molecular flexibility index (Phi) is 24.7. The van der Waals surface area contributed by atoms with Gasteiger partial charge >= 0.3 is 51.4 Å². The van der Waals surface area contributed by atoms with E-state index in [1.165, 1.54) is 25.4 Å². The fraction of sp³-hybridized carbons (Fsp3) is 0.410. The van der Waals surface area contributed by atoms with Crippen molar-refractivity contribution in [2.45, 2.75) is 188 Å². The van der Waals surface area contributed by atoms with E-state index in [1.807, 2.05) is 113 Å². The van der Waals surface area contributed by atoms with E-state index in [4.69, 9.17) is 55.7 Å². The molecule has 4 saturated carbocycles. The van der Waals surface area contributed by atoms with Crippen molar-refractivity contribution in [3.8, 4) is 11.5 Å². The number of amides is 4. The topological polar surface area (TPSA) is 313 Å². The molecule has 3 aromatic heterocycles. The van der Waals surface area contributed by atoms with Gasteiger partial charge in [-0.25, -0.2) is 29.9 Å². The first-order valence-electron chi connectivity index (χ1n) is 34.9. The molecule has 26 heteroatoms. The number of ether oxygens (including phenoxy) is 2. The second-order valence-electron chi connectivity index (χ2n) is 28.0. The third-order valence-corrected chi connectivity index (χ3v) is 22.8. The summed E-state index contributed by atoms with van der Waals surface area (Å²) < 4.78 is 10.6.